The molecular weight excluding hydrogens is 348 g/mol. The first-order valence-electron chi connectivity index (χ1n) is 7.16. The minimum Gasteiger partial charge on any atom is -0.316 e. The van der Waals surface area contributed by atoms with Crippen LogP contribution in [-0.2, 0) is 11.2 Å². The van der Waals surface area contributed by atoms with Gasteiger partial charge in [-0.15, -0.1) is 0 Å². The zero-order valence-corrected chi connectivity index (χ0v) is 13.8. The van der Waals surface area contributed by atoms with Crippen LogP contribution in [0.15, 0.2) is 33.5 Å². The number of rotatable bonds is 4. The number of aromatic nitrogens is 3. The topological polar surface area (TPSA) is 79.8 Å². The van der Waals surface area contributed by atoms with Crippen LogP contribution in [0.3, 0.4) is 0 Å². The number of benzene rings is 1. The van der Waals surface area contributed by atoms with E-state index in [9.17, 15) is 9.59 Å². The van der Waals surface area contributed by atoms with Crippen molar-refractivity contribution in [1.29, 1.82) is 0 Å². The van der Waals surface area contributed by atoms with E-state index in [-0.39, 0.29) is 11.5 Å². The van der Waals surface area contributed by atoms with Crippen molar-refractivity contribution in [3.63, 3.8) is 0 Å². The number of halogens is 1. The Kier molecular flexibility index (Phi) is 4.01. The molecular formula is C15H17BrN4O2. The van der Waals surface area contributed by atoms with Gasteiger partial charge in [0.05, 0.1) is 5.69 Å². The van der Waals surface area contributed by atoms with Gasteiger partial charge in [-0.3, -0.25) is 4.79 Å². The van der Waals surface area contributed by atoms with E-state index < -0.39 is 5.41 Å². The van der Waals surface area contributed by atoms with Gasteiger partial charge >= 0.3 is 5.69 Å². The third-order valence-electron chi connectivity index (χ3n) is 4.31. The van der Waals surface area contributed by atoms with Crippen LogP contribution in [0.5, 0.6) is 0 Å². The van der Waals surface area contributed by atoms with Crippen molar-refractivity contribution in [2.45, 2.75) is 19.8 Å². The summed E-state index contributed by atoms with van der Waals surface area (Å²) in [7, 11) is 0. The fraction of sp³-hybridized carbons (Fsp3) is 0.400. The highest BCUT2D eigenvalue weighted by molar-refractivity contribution is 9.10. The molecule has 1 aliphatic rings. The minimum absolute atomic E-state index is 0.135. The second kappa shape index (κ2) is 5.81. The summed E-state index contributed by atoms with van der Waals surface area (Å²) in [6, 6.07) is 7.43. The molecule has 22 heavy (non-hydrogen) atoms. The quantitative estimate of drug-likeness (QED) is 0.859. The molecule has 0 amide bonds. The van der Waals surface area contributed by atoms with Gasteiger partial charge in [-0.1, -0.05) is 15.9 Å². The van der Waals surface area contributed by atoms with Gasteiger partial charge in [-0.05, 0) is 44.2 Å². The highest BCUT2D eigenvalue weighted by Gasteiger charge is 2.40. The number of carbonyl (C=O) groups excluding carboxylic acids is 1. The molecule has 1 atom stereocenters. The standard InChI is InChI=1S/C15H17BrN4O2/c1-10(21)15(6-7-17-9-15)8-13-18-19-14(22)20(13)12-4-2-11(16)3-5-12/h2-5,17H,6-9H2,1H3,(H,19,22)/t15-/m0/s1. The summed E-state index contributed by atoms with van der Waals surface area (Å²) in [5.74, 6) is 0.724. The minimum atomic E-state index is -0.473. The van der Waals surface area contributed by atoms with E-state index in [0.717, 1.165) is 23.1 Å². The molecule has 2 aromatic rings. The molecule has 0 spiro atoms. The molecule has 1 aliphatic heterocycles. The van der Waals surface area contributed by atoms with Crippen LogP contribution in [0.2, 0.25) is 0 Å². The first kappa shape index (κ1) is 15.2. The average Bonchev–Trinajstić information content (AvgIpc) is 3.09. The Balaban J connectivity index is 2.01. The summed E-state index contributed by atoms with van der Waals surface area (Å²) in [5, 5.41) is 9.87. The van der Waals surface area contributed by atoms with Crippen molar-refractivity contribution in [1.82, 2.24) is 20.1 Å². The van der Waals surface area contributed by atoms with Crippen LogP contribution in [0, 0.1) is 5.41 Å². The van der Waals surface area contributed by atoms with Gasteiger partial charge in [-0.25, -0.2) is 14.5 Å². The Morgan fingerprint density at radius 2 is 2.14 bits per heavy atom. The highest BCUT2D eigenvalue weighted by atomic mass is 79.9. The molecule has 2 heterocycles. The van der Waals surface area contributed by atoms with Gasteiger partial charge in [0.2, 0.25) is 0 Å². The fourth-order valence-corrected chi connectivity index (χ4v) is 3.19. The summed E-state index contributed by atoms with van der Waals surface area (Å²) in [4.78, 5) is 24.2. The van der Waals surface area contributed by atoms with Crippen LogP contribution in [0.4, 0.5) is 0 Å². The fourth-order valence-electron chi connectivity index (χ4n) is 2.93. The molecule has 1 saturated heterocycles. The number of hydrogen-bond acceptors (Lipinski definition) is 4. The summed E-state index contributed by atoms with van der Waals surface area (Å²) in [6.07, 6.45) is 1.22. The van der Waals surface area contributed by atoms with E-state index in [0.29, 0.717) is 18.8 Å². The van der Waals surface area contributed by atoms with Gasteiger partial charge in [-0.2, -0.15) is 5.10 Å². The summed E-state index contributed by atoms with van der Waals surface area (Å²) in [6.45, 7) is 3.05. The smallest absolute Gasteiger partial charge is 0.316 e. The van der Waals surface area contributed by atoms with Gasteiger partial charge in [0.15, 0.2) is 0 Å². The molecule has 2 N–H and O–H groups in total. The number of aromatic amines is 1. The van der Waals surface area contributed by atoms with Crippen molar-refractivity contribution >= 4 is 21.7 Å². The Morgan fingerprint density at radius 3 is 2.73 bits per heavy atom. The van der Waals surface area contributed by atoms with Crippen LogP contribution in [0.1, 0.15) is 19.2 Å². The highest BCUT2D eigenvalue weighted by Crippen LogP contribution is 2.30. The zero-order valence-electron chi connectivity index (χ0n) is 12.2. The number of ketones is 1. The Morgan fingerprint density at radius 1 is 1.41 bits per heavy atom. The Labute approximate surface area is 136 Å². The largest absolute Gasteiger partial charge is 0.347 e. The predicted octanol–water partition coefficient (Wildman–Crippen LogP) is 1.43. The first-order chi connectivity index (χ1) is 10.5. The number of nitrogens with zero attached hydrogens (tertiary/aromatic N) is 2. The van der Waals surface area contributed by atoms with Gasteiger partial charge in [0.25, 0.3) is 0 Å². The molecule has 0 aliphatic carbocycles. The lowest BCUT2D eigenvalue weighted by Gasteiger charge is -2.24. The van der Waals surface area contributed by atoms with Crippen molar-refractivity contribution < 1.29 is 4.79 Å². The second-order valence-corrected chi connectivity index (χ2v) is 6.61. The number of hydrogen-bond donors (Lipinski definition) is 2. The molecule has 3 rings (SSSR count). The number of carbonyl (C=O) groups is 1. The van der Waals surface area contributed by atoms with E-state index in [1.165, 1.54) is 4.57 Å². The van der Waals surface area contributed by atoms with Crippen LogP contribution in [-0.4, -0.2) is 33.6 Å². The van der Waals surface area contributed by atoms with E-state index in [4.69, 9.17) is 0 Å². The van der Waals surface area contributed by atoms with E-state index >= 15 is 0 Å². The van der Waals surface area contributed by atoms with Gasteiger partial charge in [0, 0.05) is 22.9 Å². The maximum atomic E-state index is 12.1. The second-order valence-electron chi connectivity index (χ2n) is 5.70. The normalized spacial score (nSPS) is 21.2. The van der Waals surface area contributed by atoms with Crippen molar-refractivity contribution in [3.8, 4) is 5.69 Å². The van der Waals surface area contributed by atoms with Gasteiger partial charge < -0.3 is 5.32 Å². The molecule has 116 valence electrons. The van der Waals surface area contributed by atoms with Crippen LogP contribution < -0.4 is 11.0 Å². The lowest BCUT2D eigenvalue weighted by Crippen LogP contribution is -2.35. The number of Topliss-reactive ketones (excluding diaryl/α,β-unsaturated/α-hetero) is 1. The lowest BCUT2D eigenvalue weighted by molar-refractivity contribution is -0.125. The molecule has 1 fully saturated rings. The predicted molar refractivity (Wildman–Crippen MR) is 86.2 cm³/mol. The van der Waals surface area contributed by atoms with E-state index in [1.807, 2.05) is 24.3 Å². The van der Waals surface area contributed by atoms with E-state index in [1.54, 1.807) is 6.92 Å². The summed E-state index contributed by atoms with van der Waals surface area (Å²) < 4.78 is 2.48. The average molecular weight is 365 g/mol. The first-order valence-corrected chi connectivity index (χ1v) is 7.95. The SMILES string of the molecule is CC(=O)[C@]1(Cc2n[nH]c(=O)n2-c2ccc(Br)cc2)CCNC1. The maximum Gasteiger partial charge on any atom is 0.347 e. The molecule has 0 unspecified atom stereocenters. The van der Waals surface area contributed by atoms with Gasteiger partial charge in [0.1, 0.15) is 11.6 Å². The molecule has 0 radical (unpaired) electrons. The molecule has 0 saturated carbocycles. The molecule has 1 aromatic heterocycles. The molecule has 7 heteroatoms. The molecule has 6 nitrogen and oxygen atoms in total. The lowest BCUT2D eigenvalue weighted by atomic mass is 9.79. The Hall–Kier alpha value is -1.73. The van der Waals surface area contributed by atoms with Crippen molar-refractivity contribution in [3.05, 3.63) is 45.0 Å². The summed E-state index contributed by atoms with van der Waals surface area (Å²) >= 11 is 3.38. The molecule has 0 bridgehead atoms. The summed E-state index contributed by atoms with van der Waals surface area (Å²) in [5.41, 5.74) is -0.0257. The van der Waals surface area contributed by atoms with Crippen LogP contribution in [0.25, 0.3) is 5.69 Å². The van der Waals surface area contributed by atoms with Crippen LogP contribution >= 0.6 is 15.9 Å². The van der Waals surface area contributed by atoms with Crippen molar-refractivity contribution in [2.75, 3.05) is 13.1 Å². The third-order valence-corrected chi connectivity index (χ3v) is 4.84. The monoisotopic (exact) mass is 364 g/mol. The third kappa shape index (κ3) is 2.66. The van der Waals surface area contributed by atoms with Crippen molar-refractivity contribution in [2.24, 2.45) is 5.41 Å². The number of H-pyrrole nitrogens is 1. The maximum absolute atomic E-state index is 12.1. The zero-order chi connectivity index (χ0) is 15.7. The van der Waals surface area contributed by atoms with E-state index in [2.05, 4.69) is 31.4 Å². The number of nitrogens with one attached hydrogen (secondary N) is 2. The molecule has 1 aromatic carbocycles. The Bertz CT molecular complexity index is 742.